The molecule has 7 heteroatoms. The summed E-state index contributed by atoms with van der Waals surface area (Å²) < 4.78 is 13.6. The number of nitrogens with zero attached hydrogens (tertiary/aromatic N) is 4. The van der Waals surface area contributed by atoms with Gasteiger partial charge in [-0.15, -0.1) is 0 Å². The number of ether oxygens (including phenoxy) is 2. The standard InChI is InChI=1S/C36H36N4O3/c1-28-24-37-40(25-28)36(41)39-22-20-38(21-23-39)35(31-12-16-33(17-13-31)42-26-29-8-4-2-5-9-29)32-14-18-34(19-15-32)43-27-30-10-6-3-7-11-30/h2-19,24-25,35H,20-23,26-27H2,1H3. The summed E-state index contributed by atoms with van der Waals surface area (Å²) in [6.07, 6.45) is 3.49. The van der Waals surface area contributed by atoms with Crippen LogP contribution in [0.25, 0.3) is 0 Å². The molecule has 0 saturated carbocycles. The minimum Gasteiger partial charge on any atom is -0.489 e. The largest absolute Gasteiger partial charge is 0.489 e. The highest BCUT2D eigenvalue weighted by molar-refractivity contribution is 5.76. The molecule has 1 saturated heterocycles. The molecule has 0 radical (unpaired) electrons. The predicted octanol–water partition coefficient (Wildman–Crippen LogP) is 6.72. The van der Waals surface area contributed by atoms with E-state index in [1.807, 2.05) is 72.5 Å². The maximum Gasteiger partial charge on any atom is 0.344 e. The van der Waals surface area contributed by atoms with Crippen LogP contribution in [0.2, 0.25) is 0 Å². The average Bonchev–Trinajstić information content (AvgIpc) is 3.51. The van der Waals surface area contributed by atoms with Crippen LogP contribution in [0.3, 0.4) is 0 Å². The number of benzene rings is 4. The molecule has 0 N–H and O–H groups in total. The van der Waals surface area contributed by atoms with Crippen LogP contribution in [0, 0.1) is 6.92 Å². The van der Waals surface area contributed by atoms with Crippen molar-refractivity contribution in [1.29, 1.82) is 0 Å². The molecule has 7 nitrogen and oxygen atoms in total. The number of carbonyl (C=O) groups is 1. The summed E-state index contributed by atoms with van der Waals surface area (Å²) in [5.74, 6) is 1.67. The van der Waals surface area contributed by atoms with E-state index in [2.05, 4.69) is 58.5 Å². The summed E-state index contributed by atoms with van der Waals surface area (Å²) in [5, 5.41) is 4.21. The second-order valence-corrected chi connectivity index (χ2v) is 10.9. The summed E-state index contributed by atoms with van der Waals surface area (Å²) in [5.41, 5.74) is 5.59. The highest BCUT2D eigenvalue weighted by Gasteiger charge is 2.29. The Balaban J connectivity index is 1.18. The zero-order chi connectivity index (χ0) is 29.4. The number of piperazine rings is 1. The van der Waals surface area contributed by atoms with Gasteiger partial charge in [0.2, 0.25) is 0 Å². The van der Waals surface area contributed by atoms with Gasteiger partial charge in [-0.05, 0) is 59.0 Å². The number of hydrogen-bond donors (Lipinski definition) is 0. The summed E-state index contributed by atoms with van der Waals surface area (Å²) >= 11 is 0. The first kappa shape index (κ1) is 28.2. The molecule has 1 aliphatic rings. The Labute approximate surface area is 252 Å². The molecule has 6 rings (SSSR count). The fraction of sp³-hybridized carbons (Fsp3) is 0.222. The topological polar surface area (TPSA) is 59.8 Å². The first-order valence-corrected chi connectivity index (χ1v) is 14.7. The third-order valence-corrected chi connectivity index (χ3v) is 7.75. The second kappa shape index (κ2) is 13.4. The molecular formula is C36H36N4O3. The van der Waals surface area contributed by atoms with Gasteiger partial charge in [0.05, 0.1) is 12.2 Å². The van der Waals surface area contributed by atoms with E-state index in [0.717, 1.165) is 41.3 Å². The number of amides is 1. The SMILES string of the molecule is Cc1cnn(C(=O)N2CCN(C(c3ccc(OCc4ccccc4)cc3)c3ccc(OCc4ccccc4)cc3)CC2)c1. The van der Waals surface area contributed by atoms with Gasteiger partial charge >= 0.3 is 6.03 Å². The van der Waals surface area contributed by atoms with Crippen LogP contribution in [0.4, 0.5) is 4.79 Å². The van der Waals surface area contributed by atoms with Gasteiger partial charge in [-0.3, -0.25) is 4.90 Å². The molecule has 1 aliphatic heterocycles. The molecule has 1 aromatic heterocycles. The molecule has 218 valence electrons. The van der Waals surface area contributed by atoms with Gasteiger partial charge < -0.3 is 14.4 Å². The van der Waals surface area contributed by atoms with Crippen LogP contribution in [0.5, 0.6) is 11.5 Å². The molecule has 0 unspecified atom stereocenters. The normalized spacial score (nSPS) is 13.7. The van der Waals surface area contributed by atoms with E-state index in [-0.39, 0.29) is 12.1 Å². The van der Waals surface area contributed by atoms with Gasteiger partial charge in [-0.2, -0.15) is 9.78 Å². The fourth-order valence-corrected chi connectivity index (χ4v) is 5.42. The van der Waals surface area contributed by atoms with Crippen molar-refractivity contribution >= 4 is 6.03 Å². The van der Waals surface area contributed by atoms with E-state index in [1.165, 1.54) is 15.8 Å². The number of aromatic nitrogens is 2. The fourth-order valence-electron chi connectivity index (χ4n) is 5.42. The Hall–Kier alpha value is -4.88. The van der Waals surface area contributed by atoms with Gasteiger partial charge in [0.25, 0.3) is 0 Å². The number of aryl methyl sites for hydroxylation is 1. The monoisotopic (exact) mass is 572 g/mol. The van der Waals surface area contributed by atoms with Crippen LogP contribution in [0.1, 0.15) is 33.9 Å². The van der Waals surface area contributed by atoms with Crippen LogP contribution >= 0.6 is 0 Å². The van der Waals surface area contributed by atoms with E-state index in [4.69, 9.17) is 9.47 Å². The first-order valence-electron chi connectivity index (χ1n) is 14.7. The van der Waals surface area contributed by atoms with Gasteiger partial charge in [0.1, 0.15) is 24.7 Å². The zero-order valence-corrected chi connectivity index (χ0v) is 24.4. The Bertz CT molecular complexity index is 1510. The number of hydrogen-bond acceptors (Lipinski definition) is 5. The van der Waals surface area contributed by atoms with E-state index in [1.54, 1.807) is 12.4 Å². The van der Waals surface area contributed by atoms with Crippen molar-refractivity contribution in [1.82, 2.24) is 19.6 Å². The Morgan fingerprint density at radius 1 is 0.698 bits per heavy atom. The van der Waals surface area contributed by atoms with E-state index in [9.17, 15) is 4.79 Å². The van der Waals surface area contributed by atoms with Crippen LogP contribution in [0.15, 0.2) is 122 Å². The lowest BCUT2D eigenvalue weighted by molar-refractivity contribution is 0.119. The van der Waals surface area contributed by atoms with Gasteiger partial charge in [0, 0.05) is 32.4 Å². The average molecular weight is 573 g/mol. The van der Waals surface area contributed by atoms with Gasteiger partial charge in [-0.1, -0.05) is 84.9 Å². The molecule has 43 heavy (non-hydrogen) atoms. The molecular weight excluding hydrogens is 536 g/mol. The van der Waals surface area contributed by atoms with Crippen molar-refractivity contribution in [3.8, 4) is 11.5 Å². The van der Waals surface area contributed by atoms with Crippen LogP contribution in [-0.2, 0) is 13.2 Å². The second-order valence-electron chi connectivity index (χ2n) is 10.9. The molecule has 0 spiro atoms. The number of rotatable bonds is 9. The highest BCUT2D eigenvalue weighted by Crippen LogP contribution is 2.32. The molecule has 0 atom stereocenters. The van der Waals surface area contributed by atoms with E-state index < -0.39 is 0 Å². The minimum absolute atomic E-state index is 0.0237. The lowest BCUT2D eigenvalue weighted by atomic mass is 9.96. The number of carbonyl (C=O) groups excluding carboxylic acids is 1. The summed E-state index contributed by atoms with van der Waals surface area (Å²) in [4.78, 5) is 17.3. The molecule has 4 aromatic carbocycles. The lowest BCUT2D eigenvalue weighted by Crippen LogP contribution is -2.51. The maximum absolute atomic E-state index is 13.0. The first-order chi connectivity index (χ1) is 21.1. The summed E-state index contributed by atoms with van der Waals surface area (Å²) in [7, 11) is 0. The van der Waals surface area contributed by atoms with E-state index in [0.29, 0.717) is 26.3 Å². The van der Waals surface area contributed by atoms with E-state index >= 15 is 0 Å². The Morgan fingerprint density at radius 3 is 1.63 bits per heavy atom. The molecule has 0 bridgehead atoms. The van der Waals surface area contributed by atoms with Crippen molar-refractivity contribution in [3.05, 3.63) is 149 Å². The lowest BCUT2D eigenvalue weighted by Gasteiger charge is -2.39. The third kappa shape index (κ3) is 7.13. The molecule has 1 fully saturated rings. The summed E-state index contributed by atoms with van der Waals surface area (Å²) in [6, 6.07) is 37.1. The molecule has 5 aromatic rings. The quantitative estimate of drug-likeness (QED) is 0.196. The van der Waals surface area contributed by atoms with Crippen molar-refractivity contribution in [2.45, 2.75) is 26.2 Å². The highest BCUT2D eigenvalue weighted by atomic mass is 16.5. The predicted molar refractivity (Wildman–Crippen MR) is 167 cm³/mol. The van der Waals surface area contributed by atoms with Crippen LogP contribution in [-0.4, -0.2) is 51.8 Å². The molecule has 1 amide bonds. The maximum atomic E-state index is 13.0. The summed E-state index contributed by atoms with van der Waals surface area (Å²) in [6.45, 7) is 5.74. The Morgan fingerprint density at radius 2 is 1.19 bits per heavy atom. The van der Waals surface area contributed by atoms with Gasteiger partial charge in [-0.25, -0.2) is 4.79 Å². The van der Waals surface area contributed by atoms with Crippen molar-refractivity contribution in [2.75, 3.05) is 26.2 Å². The smallest absolute Gasteiger partial charge is 0.344 e. The zero-order valence-electron chi connectivity index (χ0n) is 24.4. The van der Waals surface area contributed by atoms with Gasteiger partial charge in [0.15, 0.2) is 0 Å². The Kier molecular flexibility index (Phi) is 8.80. The van der Waals surface area contributed by atoms with Crippen molar-refractivity contribution in [3.63, 3.8) is 0 Å². The van der Waals surface area contributed by atoms with Crippen LogP contribution < -0.4 is 9.47 Å². The minimum atomic E-state index is -0.0795. The molecule has 2 heterocycles. The molecule has 0 aliphatic carbocycles. The van der Waals surface area contributed by atoms with Crippen molar-refractivity contribution < 1.29 is 14.3 Å². The van der Waals surface area contributed by atoms with Crippen molar-refractivity contribution in [2.24, 2.45) is 0 Å². The third-order valence-electron chi connectivity index (χ3n) is 7.75.